The molecular weight excluding hydrogens is 366 g/mol. The van der Waals surface area contributed by atoms with E-state index in [2.05, 4.69) is 5.32 Å². The summed E-state index contributed by atoms with van der Waals surface area (Å²) < 4.78 is 11.7. The molecule has 3 aromatic carbocycles. The molecule has 1 aliphatic heterocycles. The van der Waals surface area contributed by atoms with Crippen molar-refractivity contribution in [1.82, 2.24) is 0 Å². The van der Waals surface area contributed by atoms with Crippen molar-refractivity contribution in [2.24, 2.45) is 0 Å². The number of carboxylic acid groups (broad SMARTS) is 1. The number of carbonyl (C=O) groups is 1. The maximum Gasteiger partial charge on any atom is 0.337 e. The van der Waals surface area contributed by atoms with Gasteiger partial charge in [0, 0.05) is 6.42 Å². The Morgan fingerprint density at radius 3 is 2.48 bits per heavy atom. The van der Waals surface area contributed by atoms with Crippen LogP contribution in [0.2, 0.25) is 0 Å². The Bertz CT molecular complexity index is 981. The van der Waals surface area contributed by atoms with Gasteiger partial charge in [-0.1, -0.05) is 48.5 Å². The first-order valence-corrected chi connectivity index (χ1v) is 9.78. The van der Waals surface area contributed by atoms with Crippen LogP contribution in [0.15, 0.2) is 72.8 Å². The summed E-state index contributed by atoms with van der Waals surface area (Å²) in [6.07, 6.45) is 2.69. The highest BCUT2D eigenvalue weighted by Gasteiger charge is 2.18. The molecule has 0 aliphatic carbocycles. The Labute approximate surface area is 169 Å². The molecule has 0 amide bonds. The lowest BCUT2D eigenvalue weighted by Crippen LogP contribution is -2.25. The normalized spacial score (nSPS) is 16.2. The van der Waals surface area contributed by atoms with Crippen molar-refractivity contribution in [2.75, 3.05) is 11.9 Å². The smallest absolute Gasteiger partial charge is 0.337 e. The topological polar surface area (TPSA) is 67.8 Å². The number of para-hydroxylation sites is 2. The zero-order valence-electron chi connectivity index (χ0n) is 16.0. The standard InChI is InChI=1S/C24H23NO4/c26-24(27)19-14-13-18(17-8-2-1-3-9-17)16-21(19)25-20-10-4-5-11-22(20)29-23-12-6-7-15-28-23/h1-5,8-11,13-14,16,23,25H,6-7,12,15H2,(H,26,27). The minimum atomic E-state index is -0.985. The fraction of sp³-hybridized carbons (Fsp3) is 0.208. The Balaban J connectivity index is 1.65. The molecule has 2 N–H and O–H groups in total. The van der Waals surface area contributed by atoms with Gasteiger partial charge in [0.1, 0.15) is 5.75 Å². The van der Waals surface area contributed by atoms with Crippen molar-refractivity contribution in [3.63, 3.8) is 0 Å². The second kappa shape index (κ2) is 8.80. The maximum atomic E-state index is 11.8. The monoisotopic (exact) mass is 389 g/mol. The fourth-order valence-electron chi connectivity index (χ4n) is 3.41. The van der Waals surface area contributed by atoms with Gasteiger partial charge in [-0.15, -0.1) is 0 Å². The van der Waals surface area contributed by atoms with Gasteiger partial charge in [-0.3, -0.25) is 0 Å². The molecule has 0 aromatic heterocycles. The summed E-state index contributed by atoms with van der Waals surface area (Å²) >= 11 is 0. The Hall–Kier alpha value is -3.31. The molecule has 1 atom stereocenters. The molecule has 0 bridgehead atoms. The van der Waals surface area contributed by atoms with E-state index in [0.29, 0.717) is 23.7 Å². The van der Waals surface area contributed by atoms with Crippen LogP contribution in [0.3, 0.4) is 0 Å². The van der Waals surface area contributed by atoms with Crippen LogP contribution in [-0.2, 0) is 4.74 Å². The highest BCUT2D eigenvalue weighted by atomic mass is 16.7. The molecule has 0 saturated carbocycles. The second-order valence-corrected chi connectivity index (χ2v) is 6.97. The van der Waals surface area contributed by atoms with Crippen molar-refractivity contribution < 1.29 is 19.4 Å². The minimum absolute atomic E-state index is 0.202. The summed E-state index contributed by atoms with van der Waals surface area (Å²) in [5, 5.41) is 12.9. The quantitative estimate of drug-likeness (QED) is 0.566. The Morgan fingerprint density at radius 1 is 0.931 bits per heavy atom. The molecule has 4 rings (SSSR count). The summed E-state index contributed by atoms with van der Waals surface area (Å²) in [6, 6.07) is 22.7. The number of anilines is 2. The molecule has 3 aromatic rings. The van der Waals surface area contributed by atoms with E-state index < -0.39 is 5.97 Å². The van der Waals surface area contributed by atoms with Crippen molar-refractivity contribution >= 4 is 17.3 Å². The third kappa shape index (κ3) is 4.58. The third-order valence-corrected chi connectivity index (χ3v) is 4.91. The number of nitrogens with one attached hydrogen (secondary N) is 1. The first kappa shape index (κ1) is 19.0. The second-order valence-electron chi connectivity index (χ2n) is 6.97. The van der Waals surface area contributed by atoms with Crippen LogP contribution in [0.5, 0.6) is 5.75 Å². The molecule has 1 heterocycles. The lowest BCUT2D eigenvalue weighted by molar-refractivity contribution is -0.105. The van der Waals surface area contributed by atoms with Gasteiger partial charge in [0.15, 0.2) is 6.29 Å². The fourth-order valence-corrected chi connectivity index (χ4v) is 3.41. The van der Waals surface area contributed by atoms with E-state index in [1.807, 2.05) is 66.7 Å². The number of hydrogen-bond donors (Lipinski definition) is 2. The molecule has 1 aliphatic rings. The van der Waals surface area contributed by atoms with Gasteiger partial charge in [-0.25, -0.2) is 4.79 Å². The molecule has 29 heavy (non-hydrogen) atoms. The van der Waals surface area contributed by atoms with Crippen LogP contribution in [0.4, 0.5) is 11.4 Å². The Morgan fingerprint density at radius 2 is 1.72 bits per heavy atom. The first-order chi connectivity index (χ1) is 14.2. The highest BCUT2D eigenvalue weighted by molar-refractivity contribution is 5.96. The van der Waals surface area contributed by atoms with E-state index in [-0.39, 0.29) is 11.9 Å². The average molecular weight is 389 g/mol. The van der Waals surface area contributed by atoms with Crippen LogP contribution in [-0.4, -0.2) is 24.0 Å². The number of ether oxygens (including phenoxy) is 2. The van der Waals surface area contributed by atoms with E-state index in [9.17, 15) is 9.90 Å². The van der Waals surface area contributed by atoms with Crippen LogP contribution in [0.1, 0.15) is 29.6 Å². The van der Waals surface area contributed by atoms with E-state index in [1.54, 1.807) is 6.07 Å². The van der Waals surface area contributed by atoms with E-state index in [1.165, 1.54) is 0 Å². The predicted molar refractivity (Wildman–Crippen MR) is 113 cm³/mol. The lowest BCUT2D eigenvalue weighted by Gasteiger charge is -2.25. The number of hydrogen-bond acceptors (Lipinski definition) is 4. The largest absolute Gasteiger partial charge is 0.478 e. The SMILES string of the molecule is O=C(O)c1ccc(-c2ccccc2)cc1Nc1ccccc1OC1CCCCO1. The van der Waals surface area contributed by atoms with Gasteiger partial charge in [-0.05, 0) is 48.2 Å². The summed E-state index contributed by atoms with van der Waals surface area (Å²) in [5.74, 6) is -0.345. The molecule has 0 spiro atoms. The molecule has 5 nitrogen and oxygen atoms in total. The van der Waals surface area contributed by atoms with Crippen molar-refractivity contribution in [1.29, 1.82) is 0 Å². The van der Waals surface area contributed by atoms with Gasteiger partial charge in [-0.2, -0.15) is 0 Å². The molecule has 1 saturated heterocycles. The zero-order chi connectivity index (χ0) is 20.1. The summed E-state index contributed by atoms with van der Waals surface area (Å²) in [4.78, 5) is 11.8. The van der Waals surface area contributed by atoms with Crippen molar-refractivity contribution in [2.45, 2.75) is 25.6 Å². The van der Waals surface area contributed by atoms with Crippen LogP contribution >= 0.6 is 0 Å². The van der Waals surface area contributed by atoms with Crippen LogP contribution < -0.4 is 10.1 Å². The molecule has 5 heteroatoms. The third-order valence-electron chi connectivity index (χ3n) is 4.91. The van der Waals surface area contributed by atoms with Crippen LogP contribution in [0, 0.1) is 0 Å². The number of benzene rings is 3. The van der Waals surface area contributed by atoms with Crippen LogP contribution in [0.25, 0.3) is 11.1 Å². The summed E-state index contributed by atoms with van der Waals surface area (Å²) in [6.45, 7) is 0.697. The molecule has 0 radical (unpaired) electrons. The number of aromatic carboxylic acids is 1. The van der Waals surface area contributed by atoms with Crippen molar-refractivity contribution in [3.05, 3.63) is 78.4 Å². The van der Waals surface area contributed by atoms with Gasteiger partial charge in [0.05, 0.1) is 23.5 Å². The molecule has 1 unspecified atom stereocenters. The van der Waals surface area contributed by atoms with E-state index in [4.69, 9.17) is 9.47 Å². The molecule has 1 fully saturated rings. The first-order valence-electron chi connectivity index (χ1n) is 9.78. The maximum absolute atomic E-state index is 11.8. The summed E-state index contributed by atoms with van der Waals surface area (Å²) in [7, 11) is 0. The Kier molecular flexibility index (Phi) is 5.77. The van der Waals surface area contributed by atoms with Gasteiger partial charge in [0.25, 0.3) is 0 Å². The highest BCUT2D eigenvalue weighted by Crippen LogP contribution is 2.33. The number of carboxylic acids is 1. The lowest BCUT2D eigenvalue weighted by atomic mass is 10.0. The average Bonchev–Trinajstić information content (AvgIpc) is 2.76. The zero-order valence-corrected chi connectivity index (χ0v) is 16.0. The predicted octanol–water partition coefficient (Wildman–Crippen LogP) is 5.70. The van der Waals surface area contributed by atoms with Gasteiger partial charge < -0.3 is 19.9 Å². The van der Waals surface area contributed by atoms with Crippen molar-refractivity contribution in [3.8, 4) is 16.9 Å². The molecule has 148 valence electrons. The number of rotatable bonds is 6. The van der Waals surface area contributed by atoms with E-state index >= 15 is 0 Å². The summed E-state index contributed by atoms with van der Waals surface area (Å²) in [5.41, 5.74) is 3.38. The van der Waals surface area contributed by atoms with E-state index in [0.717, 1.165) is 30.4 Å². The minimum Gasteiger partial charge on any atom is -0.478 e. The van der Waals surface area contributed by atoms with Gasteiger partial charge >= 0.3 is 5.97 Å². The van der Waals surface area contributed by atoms with Gasteiger partial charge in [0.2, 0.25) is 0 Å². The molecular formula is C24H23NO4.